The van der Waals surface area contributed by atoms with Gasteiger partial charge in [0.25, 0.3) is 0 Å². The molecule has 1 N–H and O–H groups in total. The van der Waals surface area contributed by atoms with Crippen molar-refractivity contribution in [1.29, 1.82) is 0 Å². The Morgan fingerprint density at radius 1 is 1.19 bits per heavy atom. The first-order chi connectivity index (χ1) is 12.4. The molecule has 2 fully saturated rings. The molecule has 1 unspecified atom stereocenters. The molecule has 1 aliphatic heterocycles. The van der Waals surface area contributed by atoms with Gasteiger partial charge in [0.05, 0.1) is 5.75 Å². The normalized spacial score (nSPS) is 26.9. The Morgan fingerprint density at radius 3 is 2.33 bits per heavy atom. The first kappa shape index (κ1) is 21.9. The number of hydrogen-bond acceptors (Lipinski definition) is 5. The number of carbonyl (C=O) groups is 2. The maximum atomic E-state index is 12.8. The van der Waals surface area contributed by atoms with E-state index in [1.54, 1.807) is 4.90 Å². The maximum Gasteiger partial charge on any atom is 0.407 e. The number of nitrogens with one attached hydrogen (secondary N) is 1. The van der Waals surface area contributed by atoms with Crippen LogP contribution >= 0.6 is 0 Å². The van der Waals surface area contributed by atoms with Crippen LogP contribution in [0.5, 0.6) is 0 Å². The van der Waals surface area contributed by atoms with Gasteiger partial charge in [0.2, 0.25) is 5.91 Å². The number of ether oxygens (including phenoxy) is 1. The third-order valence-corrected chi connectivity index (χ3v) is 5.98. The third-order valence-electron chi connectivity index (χ3n) is 5.11. The van der Waals surface area contributed by atoms with Gasteiger partial charge in [-0.2, -0.15) is 8.42 Å². The molecule has 2 aliphatic rings. The van der Waals surface area contributed by atoms with Crippen LogP contribution in [0, 0.1) is 17.8 Å². The van der Waals surface area contributed by atoms with Crippen molar-refractivity contribution in [3.63, 3.8) is 0 Å². The topological polar surface area (TPSA) is 92.8 Å². The Morgan fingerprint density at radius 2 is 1.78 bits per heavy atom. The van der Waals surface area contributed by atoms with Crippen LogP contribution in [0.1, 0.15) is 52.9 Å². The van der Waals surface area contributed by atoms with E-state index < -0.39 is 33.6 Å². The zero-order chi connectivity index (χ0) is 20.2. The Balaban J connectivity index is 1.69. The molecule has 27 heavy (non-hydrogen) atoms. The monoisotopic (exact) mass is 406 g/mol. The van der Waals surface area contributed by atoms with E-state index in [4.69, 9.17) is 4.74 Å². The van der Waals surface area contributed by atoms with E-state index in [2.05, 4.69) is 5.32 Å². The van der Waals surface area contributed by atoms with Gasteiger partial charge in [0, 0.05) is 32.0 Å². The van der Waals surface area contributed by atoms with Crippen molar-refractivity contribution in [3.8, 4) is 0 Å². The minimum Gasteiger partial charge on any atom is -0.444 e. The fourth-order valence-corrected chi connectivity index (χ4v) is 4.68. The van der Waals surface area contributed by atoms with E-state index >= 15 is 0 Å². The fraction of sp³-hybridized carbons (Fsp3) is 0.889. The molecule has 2 rings (SSSR count). The van der Waals surface area contributed by atoms with Gasteiger partial charge in [-0.15, -0.1) is 3.89 Å². The van der Waals surface area contributed by atoms with Crippen LogP contribution in [0.15, 0.2) is 0 Å². The molecule has 0 radical (unpaired) electrons. The molecule has 0 spiro atoms. The number of likely N-dealkylation sites (tertiary alicyclic amines) is 1. The Kier molecular flexibility index (Phi) is 7.10. The standard InChI is InChI=1S/C18H31FN2O5S/c1-18(2,3)26-17(23)20-9-13-4-6-14(7-5-13)10-21-11-15(8-16(21)22)12-27(19,24)25/h13-15H,4-12H2,1-3H3,(H,20,23). The van der Waals surface area contributed by atoms with E-state index in [0.717, 1.165) is 25.7 Å². The maximum absolute atomic E-state index is 12.8. The summed E-state index contributed by atoms with van der Waals surface area (Å²) >= 11 is 0. The lowest BCUT2D eigenvalue weighted by Crippen LogP contribution is -2.37. The van der Waals surface area contributed by atoms with Crippen molar-refractivity contribution in [1.82, 2.24) is 10.2 Å². The van der Waals surface area contributed by atoms with E-state index in [9.17, 15) is 21.9 Å². The van der Waals surface area contributed by atoms with E-state index in [0.29, 0.717) is 31.5 Å². The highest BCUT2D eigenvalue weighted by atomic mass is 32.3. The average Bonchev–Trinajstić information content (AvgIpc) is 2.82. The summed E-state index contributed by atoms with van der Waals surface area (Å²) < 4.78 is 39.6. The zero-order valence-electron chi connectivity index (χ0n) is 16.4. The minimum atomic E-state index is -4.54. The van der Waals surface area contributed by atoms with Gasteiger partial charge < -0.3 is 15.0 Å². The number of hydrogen-bond donors (Lipinski definition) is 1. The molecule has 156 valence electrons. The summed E-state index contributed by atoms with van der Waals surface area (Å²) in [6.45, 7) is 6.98. The molecule has 1 saturated heterocycles. The second-order valence-electron chi connectivity index (χ2n) is 8.84. The van der Waals surface area contributed by atoms with Gasteiger partial charge in [0.1, 0.15) is 5.60 Å². The molecular formula is C18H31FN2O5S. The average molecular weight is 407 g/mol. The number of nitrogens with zero attached hydrogens (tertiary/aromatic N) is 1. The summed E-state index contributed by atoms with van der Waals surface area (Å²) in [5.74, 6) is -0.336. The van der Waals surface area contributed by atoms with Crippen LogP contribution < -0.4 is 5.32 Å². The van der Waals surface area contributed by atoms with Gasteiger partial charge >= 0.3 is 16.3 Å². The summed E-state index contributed by atoms with van der Waals surface area (Å²) in [4.78, 5) is 25.4. The molecule has 0 aromatic heterocycles. The Bertz CT molecular complexity index is 639. The van der Waals surface area contributed by atoms with Crippen molar-refractivity contribution in [2.75, 3.05) is 25.4 Å². The molecule has 9 heteroatoms. The lowest BCUT2D eigenvalue weighted by molar-refractivity contribution is -0.128. The van der Waals surface area contributed by atoms with Crippen molar-refractivity contribution < 1.29 is 26.6 Å². The van der Waals surface area contributed by atoms with E-state index in [1.807, 2.05) is 20.8 Å². The van der Waals surface area contributed by atoms with Gasteiger partial charge in [-0.25, -0.2) is 4.79 Å². The highest BCUT2D eigenvalue weighted by Gasteiger charge is 2.34. The second-order valence-corrected chi connectivity index (χ2v) is 10.3. The quantitative estimate of drug-likeness (QED) is 0.684. The Labute approximate surface area is 161 Å². The summed E-state index contributed by atoms with van der Waals surface area (Å²) in [7, 11) is -4.54. The van der Waals surface area contributed by atoms with Gasteiger partial charge in [-0.3, -0.25) is 4.79 Å². The van der Waals surface area contributed by atoms with Gasteiger partial charge in [0.15, 0.2) is 0 Å². The fourth-order valence-electron chi connectivity index (χ4n) is 3.90. The van der Waals surface area contributed by atoms with E-state index in [-0.39, 0.29) is 12.3 Å². The first-order valence-electron chi connectivity index (χ1n) is 9.58. The Hall–Kier alpha value is -1.38. The summed E-state index contributed by atoms with van der Waals surface area (Å²) in [6.07, 6.45) is 3.54. The van der Waals surface area contributed by atoms with Crippen LogP contribution in [-0.2, 0) is 19.8 Å². The molecule has 0 bridgehead atoms. The number of rotatable bonds is 6. The van der Waals surface area contributed by atoms with Crippen molar-refractivity contribution in [2.24, 2.45) is 17.8 Å². The molecule has 1 aliphatic carbocycles. The van der Waals surface area contributed by atoms with Crippen LogP contribution in [-0.4, -0.2) is 56.3 Å². The molecule has 0 aromatic rings. The number of alkyl carbamates (subject to hydrolysis) is 1. The molecule has 1 saturated carbocycles. The van der Waals surface area contributed by atoms with Crippen LogP contribution in [0.25, 0.3) is 0 Å². The highest BCUT2D eigenvalue weighted by molar-refractivity contribution is 7.86. The minimum absolute atomic E-state index is 0.0858. The smallest absolute Gasteiger partial charge is 0.407 e. The molecule has 0 aromatic carbocycles. The van der Waals surface area contributed by atoms with Crippen LogP contribution in [0.4, 0.5) is 8.68 Å². The van der Waals surface area contributed by atoms with Crippen molar-refractivity contribution in [3.05, 3.63) is 0 Å². The summed E-state index contributed by atoms with van der Waals surface area (Å²) in [6, 6.07) is 0. The zero-order valence-corrected chi connectivity index (χ0v) is 17.2. The summed E-state index contributed by atoms with van der Waals surface area (Å²) in [5, 5.41) is 2.81. The predicted molar refractivity (Wildman–Crippen MR) is 99.3 cm³/mol. The van der Waals surface area contributed by atoms with E-state index in [1.165, 1.54) is 0 Å². The number of halogens is 1. The van der Waals surface area contributed by atoms with Gasteiger partial charge in [-0.05, 0) is 58.3 Å². The summed E-state index contributed by atoms with van der Waals surface area (Å²) in [5.41, 5.74) is -0.511. The molecule has 7 nitrogen and oxygen atoms in total. The number of carbonyl (C=O) groups excluding carboxylic acids is 2. The first-order valence-corrected chi connectivity index (χ1v) is 11.1. The molecule has 1 atom stereocenters. The highest BCUT2D eigenvalue weighted by Crippen LogP contribution is 2.31. The predicted octanol–water partition coefficient (Wildman–Crippen LogP) is 2.47. The largest absolute Gasteiger partial charge is 0.444 e. The second kappa shape index (κ2) is 8.75. The van der Waals surface area contributed by atoms with Crippen molar-refractivity contribution in [2.45, 2.75) is 58.5 Å². The van der Waals surface area contributed by atoms with Crippen LogP contribution in [0.2, 0.25) is 0 Å². The van der Waals surface area contributed by atoms with Crippen LogP contribution in [0.3, 0.4) is 0 Å². The molecule has 2 amide bonds. The third kappa shape index (κ3) is 8.02. The lowest BCUT2D eigenvalue weighted by Gasteiger charge is -2.31. The van der Waals surface area contributed by atoms with Gasteiger partial charge in [-0.1, -0.05) is 0 Å². The molecular weight excluding hydrogens is 375 g/mol. The number of amides is 2. The van der Waals surface area contributed by atoms with Crippen molar-refractivity contribution >= 4 is 22.2 Å². The molecule has 1 heterocycles. The SMILES string of the molecule is CC(C)(C)OC(=O)NCC1CCC(CN2CC(CS(=O)(=O)F)CC2=O)CC1. The lowest BCUT2D eigenvalue weighted by atomic mass is 9.81.